The molecule has 0 bridgehead atoms. The summed E-state index contributed by atoms with van der Waals surface area (Å²) in [5.41, 5.74) is 5.45. The van der Waals surface area contributed by atoms with Crippen LogP contribution in [0.15, 0.2) is 0 Å². The molecule has 0 aromatic carbocycles. The average molecular weight is 217 g/mol. The highest BCUT2D eigenvalue weighted by molar-refractivity contribution is 5.69. The largest absolute Gasteiger partial charge is 0.460 e. The lowest BCUT2D eigenvalue weighted by Gasteiger charge is -2.18. The topological polar surface area (TPSA) is 61.5 Å². The van der Waals surface area contributed by atoms with Crippen molar-refractivity contribution in [3.63, 3.8) is 0 Å². The molecule has 0 saturated heterocycles. The molecule has 4 heteroatoms. The Bertz CT molecular complexity index is 187. The van der Waals surface area contributed by atoms with E-state index in [-0.39, 0.29) is 17.6 Å². The minimum Gasteiger partial charge on any atom is -0.460 e. The second-order valence-corrected chi connectivity index (χ2v) is 4.45. The molecule has 0 spiro atoms. The molecule has 0 rings (SSSR count). The normalized spacial score (nSPS) is 13.7. The molecule has 0 saturated carbocycles. The Morgan fingerprint density at radius 1 is 1.47 bits per heavy atom. The number of hydrogen-bond acceptors (Lipinski definition) is 4. The monoisotopic (exact) mass is 217 g/mol. The number of esters is 1. The van der Waals surface area contributed by atoms with Crippen LogP contribution in [0.25, 0.3) is 0 Å². The van der Waals surface area contributed by atoms with E-state index < -0.39 is 0 Å². The van der Waals surface area contributed by atoms with E-state index >= 15 is 0 Å². The highest BCUT2D eigenvalue weighted by atomic mass is 16.6. The fourth-order valence-corrected chi connectivity index (χ4v) is 1.03. The number of carbonyl (C=O) groups excluding carboxylic acids is 1. The van der Waals surface area contributed by atoms with Gasteiger partial charge in [-0.05, 0) is 34.1 Å². The number of ether oxygens (including phenoxy) is 2. The van der Waals surface area contributed by atoms with Gasteiger partial charge in [-0.1, -0.05) is 0 Å². The van der Waals surface area contributed by atoms with Crippen LogP contribution in [0.5, 0.6) is 0 Å². The van der Waals surface area contributed by atoms with E-state index in [1.165, 1.54) is 0 Å². The number of nitrogens with two attached hydrogens (primary N) is 1. The summed E-state index contributed by atoms with van der Waals surface area (Å²) in [6.07, 6.45) is 0.811. The molecule has 0 aromatic rings. The Balaban J connectivity index is 3.64. The van der Waals surface area contributed by atoms with Gasteiger partial charge in [0.05, 0.1) is 6.61 Å². The van der Waals surface area contributed by atoms with Crippen molar-refractivity contribution < 1.29 is 14.3 Å². The number of carbonyl (C=O) groups is 1. The second-order valence-electron chi connectivity index (χ2n) is 4.45. The third kappa shape index (κ3) is 9.69. The Morgan fingerprint density at radius 3 is 2.53 bits per heavy atom. The minimum atomic E-state index is -0.317. The fourth-order valence-electron chi connectivity index (χ4n) is 1.03. The van der Waals surface area contributed by atoms with Gasteiger partial charge in [0.2, 0.25) is 0 Å². The Morgan fingerprint density at radius 2 is 2.07 bits per heavy atom. The molecule has 1 unspecified atom stereocenters. The Labute approximate surface area is 92.1 Å². The van der Waals surface area contributed by atoms with Crippen molar-refractivity contribution in [2.24, 2.45) is 5.73 Å². The van der Waals surface area contributed by atoms with Crippen molar-refractivity contribution >= 4 is 5.97 Å². The maximum Gasteiger partial charge on any atom is 0.306 e. The first-order chi connectivity index (χ1) is 6.85. The number of rotatable bonds is 7. The molecule has 0 radical (unpaired) electrons. The molecule has 0 aliphatic heterocycles. The van der Waals surface area contributed by atoms with Gasteiger partial charge in [-0.3, -0.25) is 4.79 Å². The predicted molar refractivity (Wildman–Crippen MR) is 59.5 cm³/mol. The van der Waals surface area contributed by atoms with Crippen LogP contribution in [0.4, 0.5) is 0 Å². The van der Waals surface area contributed by atoms with E-state index in [1.54, 1.807) is 0 Å². The van der Waals surface area contributed by atoms with Crippen LogP contribution in [-0.4, -0.2) is 30.8 Å². The van der Waals surface area contributed by atoms with Crippen molar-refractivity contribution in [1.29, 1.82) is 0 Å². The smallest absolute Gasteiger partial charge is 0.306 e. The van der Waals surface area contributed by atoms with Crippen molar-refractivity contribution in [2.45, 2.75) is 52.2 Å². The summed E-state index contributed by atoms with van der Waals surface area (Å²) in [4.78, 5) is 11.3. The lowest BCUT2D eigenvalue weighted by atomic mass is 10.0. The van der Waals surface area contributed by atoms with Gasteiger partial charge in [0, 0.05) is 18.6 Å². The zero-order chi connectivity index (χ0) is 11.9. The van der Waals surface area contributed by atoms with Gasteiger partial charge in [-0.15, -0.1) is 0 Å². The molecule has 0 heterocycles. The predicted octanol–water partition coefficient (Wildman–Crippen LogP) is 1.47. The summed E-state index contributed by atoms with van der Waals surface area (Å²) in [7, 11) is 0. The standard InChI is InChI=1S/C11H23NO3/c1-5-14-8-9(2)15-10(13)6-7-11(3,4)12/h9H,5-8,12H2,1-4H3. The van der Waals surface area contributed by atoms with Crippen LogP contribution in [-0.2, 0) is 14.3 Å². The highest BCUT2D eigenvalue weighted by Crippen LogP contribution is 2.08. The third-order valence-corrected chi connectivity index (χ3v) is 1.86. The van der Waals surface area contributed by atoms with E-state index in [0.29, 0.717) is 26.1 Å². The van der Waals surface area contributed by atoms with Gasteiger partial charge in [0.15, 0.2) is 0 Å². The molecular formula is C11H23NO3. The summed E-state index contributed by atoms with van der Waals surface area (Å²) < 4.78 is 10.3. The van der Waals surface area contributed by atoms with Crippen molar-refractivity contribution in [2.75, 3.05) is 13.2 Å². The van der Waals surface area contributed by atoms with Gasteiger partial charge in [-0.2, -0.15) is 0 Å². The molecule has 0 aromatic heterocycles. The maximum atomic E-state index is 11.3. The average Bonchev–Trinajstić information content (AvgIpc) is 2.10. The van der Waals surface area contributed by atoms with Crippen LogP contribution >= 0.6 is 0 Å². The third-order valence-electron chi connectivity index (χ3n) is 1.86. The molecule has 0 fully saturated rings. The van der Waals surface area contributed by atoms with Crippen LogP contribution in [0.2, 0.25) is 0 Å². The first-order valence-corrected chi connectivity index (χ1v) is 5.41. The lowest BCUT2D eigenvalue weighted by Crippen LogP contribution is -2.33. The molecule has 0 aliphatic carbocycles. The highest BCUT2D eigenvalue weighted by Gasteiger charge is 2.15. The van der Waals surface area contributed by atoms with E-state index in [1.807, 2.05) is 27.7 Å². The zero-order valence-corrected chi connectivity index (χ0v) is 10.2. The second kappa shape index (κ2) is 6.80. The molecule has 90 valence electrons. The lowest BCUT2D eigenvalue weighted by molar-refractivity contribution is -0.151. The SMILES string of the molecule is CCOCC(C)OC(=O)CCC(C)(C)N. The van der Waals surface area contributed by atoms with E-state index in [9.17, 15) is 4.79 Å². The number of hydrogen-bond donors (Lipinski definition) is 1. The van der Waals surface area contributed by atoms with Crippen LogP contribution in [0, 0.1) is 0 Å². The summed E-state index contributed by atoms with van der Waals surface area (Å²) in [5, 5.41) is 0. The molecular weight excluding hydrogens is 194 g/mol. The summed E-state index contributed by atoms with van der Waals surface area (Å²) >= 11 is 0. The van der Waals surface area contributed by atoms with Gasteiger partial charge < -0.3 is 15.2 Å². The quantitative estimate of drug-likeness (QED) is 0.656. The molecule has 2 N–H and O–H groups in total. The zero-order valence-electron chi connectivity index (χ0n) is 10.2. The van der Waals surface area contributed by atoms with Gasteiger partial charge in [0.1, 0.15) is 6.10 Å². The van der Waals surface area contributed by atoms with Gasteiger partial charge >= 0.3 is 5.97 Å². The maximum absolute atomic E-state index is 11.3. The summed E-state index contributed by atoms with van der Waals surface area (Å²) in [5.74, 6) is -0.208. The molecule has 0 aliphatic rings. The van der Waals surface area contributed by atoms with Crippen molar-refractivity contribution in [3.05, 3.63) is 0 Å². The van der Waals surface area contributed by atoms with Crippen LogP contribution < -0.4 is 5.73 Å². The van der Waals surface area contributed by atoms with Crippen LogP contribution in [0.1, 0.15) is 40.5 Å². The van der Waals surface area contributed by atoms with E-state index in [2.05, 4.69) is 0 Å². The first-order valence-electron chi connectivity index (χ1n) is 5.41. The van der Waals surface area contributed by atoms with E-state index in [0.717, 1.165) is 0 Å². The van der Waals surface area contributed by atoms with Gasteiger partial charge in [-0.25, -0.2) is 0 Å². The first kappa shape index (κ1) is 14.4. The molecule has 4 nitrogen and oxygen atoms in total. The molecule has 15 heavy (non-hydrogen) atoms. The molecule has 1 atom stereocenters. The minimum absolute atomic E-state index is 0.182. The van der Waals surface area contributed by atoms with E-state index in [4.69, 9.17) is 15.2 Å². The molecule has 0 amide bonds. The Hall–Kier alpha value is -0.610. The Kier molecular flexibility index (Phi) is 6.52. The summed E-state index contributed by atoms with van der Waals surface area (Å²) in [6.45, 7) is 8.60. The van der Waals surface area contributed by atoms with Gasteiger partial charge in [0.25, 0.3) is 0 Å². The summed E-state index contributed by atoms with van der Waals surface area (Å²) in [6, 6.07) is 0. The van der Waals surface area contributed by atoms with Crippen LogP contribution in [0.3, 0.4) is 0 Å². The van der Waals surface area contributed by atoms with Crippen molar-refractivity contribution in [1.82, 2.24) is 0 Å². The van der Waals surface area contributed by atoms with Crippen molar-refractivity contribution in [3.8, 4) is 0 Å². The fraction of sp³-hybridized carbons (Fsp3) is 0.909.